The van der Waals surface area contributed by atoms with Crippen LogP contribution in [0.2, 0.25) is 0 Å². The molecule has 1 aromatic rings. The number of hydrogen-bond donors (Lipinski definition) is 2. The van der Waals surface area contributed by atoms with Crippen LogP contribution in [0.15, 0.2) is 6.20 Å². The largest absolute Gasteiger partial charge is 0.343 e. The fourth-order valence-electron chi connectivity index (χ4n) is 0.841. The van der Waals surface area contributed by atoms with Crippen LogP contribution in [-0.4, -0.2) is 20.4 Å². The lowest BCUT2D eigenvalue weighted by Gasteiger charge is -2.17. The zero-order valence-corrected chi connectivity index (χ0v) is 7.46. The van der Waals surface area contributed by atoms with Crippen LogP contribution in [0.25, 0.3) is 0 Å². The predicted molar refractivity (Wildman–Crippen MR) is 41.9 cm³/mol. The van der Waals surface area contributed by atoms with Crippen LogP contribution < -0.4 is 11.3 Å². The van der Waals surface area contributed by atoms with Gasteiger partial charge in [0.2, 0.25) is 0 Å². The van der Waals surface area contributed by atoms with Gasteiger partial charge in [0.25, 0.3) is 0 Å². The van der Waals surface area contributed by atoms with E-state index in [0.717, 1.165) is 4.80 Å². The van der Waals surface area contributed by atoms with Crippen molar-refractivity contribution >= 4 is 11.6 Å². The van der Waals surface area contributed by atoms with Gasteiger partial charge >= 0.3 is 5.38 Å². The van der Waals surface area contributed by atoms with E-state index in [2.05, 4.69) is 10.2 Å². The number of alkyl halides is 3. The maximum absolute atomic E-state index is 12.6. The van der Waals surface area contributed by atoms with E-state index in [1.165, 1.54) is 13.2 Å². The molecule has 13 heavy (non-hydrogen) atoms. The monoisotopic (exact) mass is 211 g/mol. The number of nitrogens with zero attached hydrogens (tertiary/aromatic N) is 3. The smallest absolute Gasteiger partial charge is 0.271 e. The molecule has 0 saturated carbocycles. The summed E-state index contributed by atoms with van der Waals surface area (Å²) in [5, 5.41) is 3.77. The fraction of sp³-hybridized carbons (Fsp3) is 0.600. The molecule has 1 atom stereocenters. The zero-order chi connectivity index (χ0) is 10.1. The molecule has 3 N–H and O–H groups in total. The number of rotatable bonds is 3. The topological polar surface area (TPSA) is 68.8 Å². The van der Waals surface area contributed by atoms with Gasteiger partial charge in [-0.2, -0.15) is 23.8 Å². The molecule has 1 unspecified atom stereocenters. The molecule has 0 fully saturated rings. The van der Waals surface area contributed by atoms with E-state index in [0.29, 0.717) is 0 Å². The van der Waals surface area contributed by atoms with Crippen molar-refractivity contribution in [2.45, 2.75) is 11.4 Å². The number of aromatic nitrogens is 3. The van der Waals surface area contributed by atoms with Gasteiger partial charge in [-0.05, 0) is 11.6 Å². The van der Waals surface area contributed by atoms with Crippen molar-refractivity contribution in [1.29, 1.82) is 0 Å². The molecule has 0 aliphatic carbocycles. The zero-order valence-electron chi connectivity index (χ0n) is 6.71. The molecular formula is C5H8ClF2N5. The van der Waals surface area contributed by atoms with Crippen LogP contribution in [0.5, 0.6) is 0 Å². The standard InChI is InChI=1S/C5H8ClF2N5/c1-13-10-2-3(12-13)4(11-9)5(6,7)8/h2,4,11H,9H2,1H3. The number of nitrogens with one attached hydrogen (secondary N) is 1. The summed E-state index contributed by atoms with van der Waals surface area (Å²) in [4.78, 5) is 1.14. The highest BCUT2D eigenvalue weighted by Gasteiger charge is 2.39. The summed E-state index contributed by atoms with van der Waals surface area (Å²) >= 11 is 4.79. The van der Waals surface area contributed by atoms with Crippen molar-refractivity contribution in [2.24, 2.45) is 12.9 Å². The van der Waals surface area contributed by atoms with Gasteiger partial charge in [0.15, 0.2) is 0 Å². The van der Waals surface area contributed by atoms with Crippen LogP contribution in [0.4, 0.5) is 8.78 Å². The number of aryl methyl sites for hydroxylation is 1. The minimum atomic E-state index is -3.50. The second-order valence-corrected chi connectivity index (χ2v) is 2.90. The Balaban J connectivity index is 2.91. The Kier molecular flexibility index (Phi) is 2.79. The molecule has 1 rings (SSSR count). The van der Waals surface area contributed by atoms with Crippen molar-refractivity contribution in [3.05, 3.63) is 11.9 Å². The Morgan fingerprint density at radius 2 is 2.38 bits per heavy atom. The van der Waals surface area contributed by atoms with Crippen molar-refractivity contribution in [1.82, 2.24) is 20.4 Å². The molecule has 0 aromatic carbocycles. The van der Waals surface area contributed by atoms with Crippen molar-refractivity contribution in [2.75, 3.05) is 0 Å². The minimum absolute atomic E-state index is 0.00926. The van der Waals surface area contributed by atoms with Crippen molar-refractivity contribution in [3.63, 3.8) is 0 Å². The molecule has 74 valence electrons. The highest BCUT2D eigenvalue weighted by molar-refractivity contribution is 6.22. The summed E-state index contributed by atoms with van der Waals surface area (Å²) in [7, 11) is 1.50. The van der Waals surface area contributed by atoms with E-state index in [9.17, 15) is 8.78 Å². The van der Waals surface area contributed by atoms with Gasteiger partial charge in [-0.25, -0.2) is 5.43 Å². The van der Waals surface area contributed by atoms with E-state index in [-0.39, 0.29) is 5.69 Å². The van der Waals surface area contributed by atoms with Gasteiger partial charge in [0.1, 0.15) is 11.7 Å². The van der Waals surface area contributed by atoms with E-state index < -0.39 is 11.4 Å². The highest BCUT2D eigenvalue weighted by atomic mass is 35.5. The third-order valence-electron chi connectivity index (χ3n) is 1.41. The molecule has 5 nitrogen and oxygen atoms in total. The van der Waals surface area contributed by atoms with E-state index in [1.54, 1.807) is 0 Å². The first-order valence-corrected chi connectivity index (χ1v) is 3.72. The van der Waals surface area contributed by atoms with Crippen LogP contribution in [0.1, 0.15) is 11.7 Å². The van der Waals surface area contributed by atoms with Crippen LogP contribution in [0.3, 0.4) is 0 Å². The summed E-state index contributed by atoms with van der Waals surface area (Å²) in [6.07, 6.45) is 1.17. The lowest BCUT2D eigenvalue weighted by molar-refractivity contribution is 0.0479. The molecule has 1 heterocycles. The molecule has 8 heteroatoms. The first-order valence-electron chi connectivity index (χ1n) is 3.34. The summed E-state index contributed by atoms with van der Waals surface area (Å²) in [5.74, 6) is 4.91. The van der Waals surface area contributed by atoms with Gasteiger partial charge in [-0.15, -0.1) is 0 Å². The predicted octanol–water partition coefficient (Wildman–Crippen LogP) is 0.151. The Morgan fingerprint density at radius 1 is 1.77 bits per heavy atom. The van der Waals surface area contributed by atoms with Crippen molar-refractivity contribution in [3.8, 4) is 0 Å². The van der Waals surface area contributed by atoms with Crippen LogP contribution in [-0.2, 0) is 7.05 Å². The number of hydrazine groups is 1. The Bertz CT molecular complexity index is 283. The molecule has 0 aliphatic rings. The Morgan fingerprint density at radius 3 is 2.69 bits per heavy atom. The molecule has 0 spiro atoms. The van der Waals surface area contributed by atoms with Crippen LogP contribution >= 0.6 is 11.6 Å². The lowest BCUT2D eigenvalue weighted by atomic mass is 10.2. The van der Waals surface area contributed by atoms with E-state index >= 15 is 0 Å². The van der Waals surface area contributed by atoms with Gasteiger partial charge < -0.3 is 0 Å². The summed E-state index contributed by atoms with van der Waals surface area (Å²) in [5.41, 5.74) is 1.86. The van der Waals surface area contributed by atoms with Crippen LogP contribution in [0, 0.1) is 0 Å². The first kappa shape index (κ1) is 10.3. The molecule has 0 amide bonds. The maximum Gasteiger partial charge on any atom is 0.343 e. The number of hydrogen-bond acceptors (Lipinski definition) is 4. The molecule has 0 bridgehead atoms. The molecule has 1 aromatic heterocycles. The molecular weight excluding hydrogens is 204 g/mol. The average Bonchev–Trinajstić information content (AvgIpc) is 2.34. The number of halogens is 3. The SMILES string of the molecule is Cn1ncc(C(NN)C(F)(F)Cl)n1. The number of nitrogens with two attached hydrogens (primary N) is 1. The Hall–Kier alpha value is -0.790. The average molecular weight is 212 g/mol. The maximum atomic E-state index is 12.6. The first-order chi connectivity index (χ1) is 5.95. The molecule has 0 aliphatic heterocycles. The second kappa shape index (κ2) is 3.52. The fourth-order valence-corrected chi connectivity index (χ4v) is 1.02. The van der Waals surface area contributed by atoms with Gasteiger partial charge in [-0.3, -0.25) is 5.84 Å². The normalized spacial score (nSPS) is 14.5. The molecule has 0 saturated heterocycles. The van der Waals surface area contributed by atoms with Gasteiger partial charge in [0.05, 0.1) is 6.20 Å². The minimum Gasteiger partial charge on any atom is -0.271 e. The third-order valence-corrected chi connectivity index (χ3v) is 1.63. The van der Waals surface area contributed by atoms with Gasteiger partial charge in [-0.1, -0.05) is 0 Å². The summed E-state index contributed by atoms with van der Waals surface area (Å²) < 4.78 is 25.3. The summed E-state index contributed by atoms with van der Waals surface area (Å²) in [6.45, 7) is 0. The highest BCUT2D eigenvalue weighted by Crippen LogP contribution is 2.32. The quantitative estimate of drug-likeness (QED) is 0.424. The second-order valence-electron chi connectivity index (χ2n) is 2.40. The summed E-state index contributed by atoms with van der Waals surface area (Å²) in [6, 6.07) is -1.54. The lowest BCUT2D eigenvalue weighted by Crippen LogP contribution is -2.38. The Labute approximate surface area is 77.8 Å². The van der Waals surface area contributed by atoms with Gasteiger partial charge in [0, 0.05) is 7.05 Å². The third kappa shape index (κ3) is 2.33. The molecule has 0 radical (unpaired) electrons. The van der Waals surface area contributed by atoms with Crippen molar-refractivity contribution < 1.29 is 8.78 Å². The van der Waals surface area contributed by atoms with E-state index in [1.807, 2.05) is 5.43 Å². The van der Waals surface area contributed by atoms with E-state index in [4.69, 9.17) is 17.4 Å².